The van der Waals surface area contributed by atoms with Crippen molar-refractivity contribution >= 4 is 6.09 Å². The van der Waals surface area contributed by atoms with Crippen LogP contribution in [0.1, 0.15) is 96.3 Å². The topological polar surface area (TPSA) is 38.3 Å². The Labute approximate surface area is 130 Å². The minimum atomic E-state index is -0.172. The number of rotatable bonds is 2. The number of amides is 1. The summed E-state index contributed by atoms with van der Waals surface area (Å²) >= 11 is 0. The molecule has 2 rings (SSSR count). The molecule has 2 aliphatic rings. The van der Waals surface area contributed by atoms with Crippen LogP contribution in [0.5, 0.6) is 0 Å². The van der Waals surface area contributed by atoms with Gasteiger partial charge in [0.25, 0.3) is 0 Å². The number of carbonyl (C=O) groups is 1. The van der Waals surface area contributed by atoms with Crippen LogP contribution in [0.15, 0.2) is 0 Å². The van der Waals surface area contributed by atoms with Crippen molar-refractivity contribution in [1.29, 1.82) is 0 Å². The van der Waals surface area contributed by atoms with Crippen molar-refractivity contribution in [3.8, 4) is 0 Å². The zero-order valence-electron chi connectivity index (χ0n) is 13.6. The van der Waals surface area contributed by atoms with Crippen molar-refractivity contribution in [3.05, 3.63) is 0 Å². The largest absolute Gasteiger partial charge is 0.446 e. The Morgan fingerprint density at radius 2 is 1.14 bits per heavy atom. The Kier molecular flexibility index (Phi) is 7.98. The molecule has 2 fully saturated rings. The Morgan fingerprint density at radius 1 is 0.667 bits per heavy atom. The average molecular weight is 295 g/mol. The SMILES string of the molecule is O=C(NC1CCC1)OC1CCCCCCCCCCCC1. The van der Waals surface area contributed by atoms with Crippen molar-refractivity contribution in [2.24, 2.45) is 0 Å². The fourth-order valence-corrected chi connectivity index (χ4v) is 3.33. The van der Waals surface area contributed by atoms with Gasteiger partial charge in [-0.3, -0.25) is 0 Å². The van der Waals surface area contributed by atoms with Crippen LogP contribution in [0.4, 0.5) is 4.79 Å². The molecule has 2 saturated carbocycles. The van der Waals surface area contributed by atoms with Gasteiger partial charge in [-0.1, -0.05) is 51.4 Å². The first-order chi connectivity index (χ1) is 10.3. The maximum Gasteiger partial charge on any atom is 0.407 e. The van der Waals surface area contributed by atoms with E-state index in [9.17, 15) is 4.79 Å². The molecule has 0 aromatic rings. The fraction of sp³-hybridized carbons (Fsp3) is 0.944. The lowest BCUT2D eigenvalue weighted by molar-refractivity contribution is 0.0783. The molecule has 1 N–H and O–H groups in total. The number of alkyl carbamates (subject to hydrolysis) is 1. The summed E-state index contributed by atoms with van der Waals surface area (Å²) in [5.41, 5.74) is 0. The van der Waals surface area contributed by atoms with Gasteiger partial charge < -0.3 is 10.1 Å². The first-order valence-electron chi connectivity index (χ1n) is 9.32. The van der Waals surface area contributed by atoms with E-state index in [0.29, 0.717) is 6.04 Å². The summed E-state index contributed by atoms with van der Waals surface area (Å²) < 4.78 is 5.68. The zero-order valence-corrected chi connectivity index (χ0v) is 13.6. The van der Waals surface area contributed by atoms with Gasteiger partial charge in [-0.05, 0) is 44.9 Å². The van der Waals surface area contributed by atoms with Gasteiger partial charge in [-0.2, -0.15) is 0 Å². The number of hydrogen-bond acceptors (Lipinski definition) is 2. The number of nitrogens with one attached hydrogen (secondary N) is 1. The molecular formula is C18H33NO2. The van der Waals surface area contributed by atoms with E-state index in [2.05, 4.69) is 5.32 Å². The Morgan fingerprint density at radius 3 is 1.57 bits per heavy atom. The Hall–Kier alpha value is -0.730. The van der Waals surface area contributed by atoms with E-state index in [1.807, 2.05) is 0 Å². The minimum absolute atomic E-state index is 0.144. The van der Waals surface area contributed by atoms with Crippen molar-refractivity contribution in [2.45, 2.75) is 108 Å². The molecule has 21 heavy (non-hydrogen) atoms. The average Bonchev–Trinajstić information content (AvgIpc) is 2.45. The third kappa shape index (κ3) is 7.19. The normalized spacial score (nSPS) is 24.0. The highest BCUT2D eigenvalue weighted by atomic mass is 16.6. The summed E-state index contributed by atoms with van der Waals surface area (Å²) in [7, 11) is 0. The standard InChI is InChI=1S/C18H33NO2/c20-18(19-16-12-11-13-16)21-17-14-9-7-5-3-1-2-4-6-8-10-15-17/h16-17H,1-15H2,(H,19,20). The van der Waals surface area contributed by atoms with Crippen LogP contribution in [-0.4, -0.2) is 18.2 Å². The van der Waals surface area contributed by atoms with Crippen molar-refractivity contribution in [2.75, 3.05) is 0 Å². The maximum atomic E-state index is 11.9. The van der Waals surface area contributed by atoms with Gasteiger partial charge in [0, 0.05) is 6.04 Å². The molecule has 1 amide bonds. The van der Waals surface area contributed by atoms with Gasteiger partial charge in [0.1, 0.15) is 6.10 Å². The maximum absolute atomic E-state index is 11.9. The molecule has 0 spiro atoms. The predicted octanol–water partition coefficient (Wildman–Crippen LogP) is 5.33. The van der Waals surface area contributed by atoms with Crippen LogP contribution in [0.3, 0.4) is 0 Å². The highest BCUT2D eigenvalue weighted by Crippen LogP contribution is 2.20. The van der Waals surface area contributed by atoms with E-state index < -0.39 is 0 Å². The molecule has 0 aromatic heterocycles. The van der Waals surface area contributed by atoms with Crippen LogP contribution >= 0.6 is 0 Å². The van der Waals surface area contributed by atoms with Gasteiger partial charge in [0.05, 0.1) is 0 Å². The molecule has 0 aliphatic heterocycles. The molecule has 122 valence electrons. The van der Waals surface area contributed by atoms with Crippen molar-refractivity contribution < 1.29 is 9.53 Å². The zero-order chi connectivity index (χ0) is 14.8. The lowest BCUT2D eigenvalue weighted by Crippen LogP contribution is -2.41. The smallest absolute Gasteiger partial charge is 0.407 e. The molecule has 0 radical (unpaired) electrons. The van der Waals surface area contributed by atoms with E-state index in [0.717, 1.165) is 25.7 Å². The van der Waals surface area contributed by atoms with Crippen molar-refractivity contribution in [3.63, 3.8) is 0 Å². The third-order valence-electron chi connectivity index (χ3n) is 5.00. The van der Waals surface area contributed by atoms with Crippen LogP contribution < -0.4 is 5.32 Å². The fourth-order valence-electron chi connectivity index (χ4n) is 3.33. The van der Waals surface area contributed by atoms with E-state index in [-0.39, 0.29) is 12.2 Å². The molecule has 0 bridgehead atoms. The van der Waals surface area contributed by atoms with Crippen LogP contribution in [0.25, 0.3) is 0 Å². The molecule has 0 heterocycles. The monoisotopic (exact) mass is 295 g/mol. The van der Waals surface area contributed by atoms with E-state index in [4.69, 9.17) is 4.74 Å². The lowest BCUT2D eigenvalue weighted by Gasteiger charge is -2.27. The van der Waals surface area contributed by atoms with Gasteiger partial charge >= 0.3 is 6.09 Å². The summed E-state index contributed by atoms with van der Waals surface area (Å²) in [5, 5.41) is 3.00. The van der Waals surface area contributed by atoms with Gasteiger partial charge in [0.2, 0.25) is 0 Å². The summed E-state index contributed by atoms with van der Waals surface area (Å²) in [4.78, 5) is 11.9. The Balaban J connectivity index is 1.69. The highest BCUT2D eigenvalue weighted by Gasteiger charge is 2.22. The molecular weight excluding hydrogens is 262 g/mol. The second-order valence-electron chi connectivity index (χ2n) is 6.91. The molecule has 0 aromatic carbocycles. The van der Waals surface area contributed by atoms with E-state index in [1.54, 1.807) is 0 Å². The summed E-state index contributed by atoms with van der Waals surface area (Å²) in [6, 6.07) is 0.382. The third-order valence-corrected chi connectivity index (χ3v) is 5.00. The number of hydrogen-bond donors (Lipinski definition) is 1. The van der Waals surface area contributed by atoms with Crippen LogP contribution in [-0.2, 0) is 4.74 Å². The summed E-state index contributed by atoms with van der Waals surface area (Å²) in [6.07, 6.45) is 18.9. The molecule has 2 aliphatic carbocycles. The predicted molar refractivity (Wildman–Crippen MR) is 86.4 cm³/mol. The second-order valence-corrected chi connectivity index (χ2v) is 6.91. The van der Waals surface area contributed by atoms with E-state index >= 15 is 0 Å². The first kappa shape index (κ1) is 16.6. The lowest BCUT2D eigenvalue weighted by atomic mass is 9.93. The van der Waals surface area contributed by atoms with E-state index in [1.165, 1.54) is 70.6 Å². The number of carbonyl (C=O) groups excluding carboxylic acids is 1. The van der Waals surface area contributed by atoms with Gasteiger partial charge in [-0.25, -0.2) is 4.79 Å². The van der Waals surface area contributed by atoms with Crippen LogP contribution in [0, 0.1) is 0 Å². The van der Waals surface area contributed by atoms with Crippen LogP contribution in [0.2, 0.25) is 0 Å². The summed E-state index contributed by atoms with van der Waals surface area (Å²) in [6.45, 7) is 0. The molecule has 0 unspecified atom stereocenters. The first-order valence-corrected chi connectivity index (χ1v) is 9.32. The molecule has 3 nitrogen and oxygen atoms in total. The molecule has 0 saturated heterocycles. The van der Waals surface area contributed by atoms with Gasteiger partial charge in [-0.15, -0.1) is 0 Å². The Bertz CT molecular complexity index is 275. The highest BCUT2D eigenvalue weighted by molar-refractivity contribution is 5.67. The summed E-state index contributed by atoms with van der Waals surface area (Å²) in [5.74, 6) is 0. The quantitative estimate of drug-likeness (QED) is 0.748. The number of ether oxygens (including phenoxy) is 1. The molecule has 3 heteroatoms. The molecule has 0 atom stereocenters. The van der Waals surface area contributed by atoms with Gasteiger partial charge in [0.15, 0.2) is 0 Å². The minimum Gasteiger partial charge on any atom is -0.446 e. The van der Waals surface area contributed by atoms with Crippen molar-refractivity contribution in [1.82, 2.24) is 5.32 Å². The second kappa shape index (κ2) is 10.1.